The number of esters is 1. The number of carbonyl (C=O) groups excluding carboxylic acids is 1. The van der Waals surface area contributed by atoms with Gasteiger partial charge in [0.15, 0.2) is 0 Å². The summed E-state index contributed by atoms with van der Waals surface area (Å²) in [5, 5.41) is 0. The largest absolute Gasteiger partial charge is 0.567 e. The molecule has 78 valence electrons. The van der Waals surface area contributed by atoms with Gasteiger partial charge in [-0.1, -0.05) is 6.92 Å². The lowest BCUT2D eigenvalue weighted by Gasteiger charge is -2.12. The van der Waals surface area contributed by atoms with Gasteiger partial charge in [-0.3, -0.25) is 4.79 Å². The number of ether oxygens (including phenoxy) is 1. The van der Waals surface area contributed by atoms with E-state index in [-0.39, 0.29) is 6.61 Å². The van der Waals surface area contributed by atoms with Crippen LogP contribution in [0.1, 0.15) is 20.3 Å². The van der Waals surface area contributed by atoms with Crippen LogP contribution in [0.15, 0.2) is 0 Å². The second-order valence-corrected chi connectivity index (χ2v) is 3.69. The van der Waals surface area contributed by atoms with Crippen molar-refractivity contribution >= 4 is 14.1 Å². The zero-order chi connectivity index (χ0) is 10.5. The van der Waals surface area contributed by atoms with E-state index < -0.39 is 20.2 Å². The molecule has 6 nitrogen and oxygen atoms in total. The molecule has 0 aliphatic carbocycles. The molecule has 0 amide bonds. The molecule has 0 aromatic carbocycles. The molecule has 0 heterocycles. The SMILES string of the molecule is CCC(COC(C)=O)O[P+](O)(O)O. The molecule has 1 unspecified atom stereocenters. The van der Waals surface area contributed by atoms with Crippen molar-refractivity contribution in [3.63, 3.8) is 0 Å². The van der Waals surface area contributed by atoms with Crippen LogP contribution < -0.4 is 0 Å². The van der Waals surface area contributed by atoms with E-state index in [4.69, 9.17) is 14.7 Å². The van der Waals surface area contributed by atoms with Crippen molar-refractivity contribution < 1.29 is 28.7 Å². The molecule has 0 aliphatic rings. The van der Waals surface area contributed by atoms with Crippen LogP contribution in [0.25, 0.3) is 0 Å². The smallest absolute Gasteiger partial charge is 0.463 e. The monoisotopic (exact) mass is 213 g/mol. The Morgan fingerprint density at radius 1 is 1.46 bits per heavy atom. The van der Waals surface area contributed by atoms with Crippen LogP contribution in [-0.2, 0) is 14.1 Å². The van der Waals surface area contributed by atoms with Gasteiger partial charge in [-0.25, -0.2) is 0 Å². The Morgan fingerprint density at radius 2 is 2.00 bits per heavy atom. The Hall–Kier alpha value is -0.260. The van der Waals surface area contributed by atoms with Crippen LogP contribution in [0.5, 0.6) is 0 Å². The van der Waals surface area contributed by atoms with Gasteiger partial charge in [0.1, 0.15) is 12.7 Å². The summed E-state index contributed by atoms with van der Waals surface area (Å²) < 4.78 is 9.00. The van der Waals surface area contributed by atoms with Gasteiger partial charge in [-0.2, -0.15) is 14.7 Å². The third-order valence-electron chi connectivity index (χ3n) is 1.22. The number of hydrogen-bond acceptors (Lipinski definition) is 6. The van der Waals surface area contributed by atoms with E-state index in [2.05, 4.69) is 9.26 Å². The van der Waals surface area contributed by atoms with Gasteiger partial charge in [-0.05, 0) is 6.42 Å². The van der Waals surface area contributed by atoms with Crippen molar-refractivity contribution in [2.75, 3.05) is 6.61 Å². The van der Waals surface area contributed by atoms with Crippen molar-refractivity contribution in [2.45, 2.75) is 26.4 Å². The van der Waals surface area contributed by atoms with Crippen molar-refractivity contribution in [1.82, 2.24) is 0 Å². The van der Waals surface area contributed by atoms with Crippen LogP contribution in [-0.4, -0.2) is 33.4 Å². The summed E-state index contributed by atoms with van der Waals surface area (Å²) in [5.74, 6) is -0.486. The number of hydrogen-bond donors (Lipinski definition) is 3. The Morgan fingerprint density at radius 3 is 2.31 bits per heavy atom. The van der Waals surface area contributed by atoms with E-state index in [1.807, 2.05) is 0 Å². The van der Waals surface area contributed by atoms with E-state index in [0.29, 0.717) is 6.42 Å². The first-order valence-electron chi connectivity index (χ1n) is 3.74. The molecule has 7 heteroatoms. The quantitative estimate of drug-likeness (QED) is 0.439. The molecule has 0 rings (SSSR count). The lowest BCUT2D eigenvalue weighted by atomic mass is 10.3. The summed E-state index contributed by atoms with van der Waals surface area (Å²) in [7, 11) is -4.24. The summed E-state index contributed by atoms with van der Waals surface area (Å²) in [6.07, 6.45) is -0.297. The fraction of sp³-hybridized carbons (Fsp3) is 0.833. The van der Waals surface area contributed by atoms with Gasteiger partial charge >= 0.3 is 14.1 Å². The van der Waals surface area contributed by atoms with Crippen LogP contribution in [0.4, 0.5) is 0 Å². The molecular weight excluding hydrogens is 199 g/mol. The minimum atomic E-state index is -4.24. The van der Waals surface area contributed by atoms with Crippen LogP contribution in [0.2, 0.25) is 0 Å². The molecule has 0 aliphatic heterocycles. The molecule has 0 fully saturated rings. The summed E-state index contributed by atoms with van der Waals surface area (Å²) in [4.78, 5) is 36.0. The fourth-order valence-electron chi connectivity index (χ4n) is 0.633. The Balaban J connectivity index is 3.83. The topological polar surface area (TPSA) is 96.2 Å². The Bertz CT molecular complexity index is 165. The lowest BCUT2D eigenvalue weighted by molar-refractivity contribution is -0.143. The van der Waals surface area contributed by atoms with Crippen LogP contribution in [0, 0.1) is 0 Å². The van der Waals surface area contributed by atoms with Crippen molar-refractivity contribution in [2.24, 2.45) is 0 Å². The molecule has 0 aromatic rings. The van der Waals surface area contributed by atoms with E-state index in [0.717, 1.165) is 0 Å². The van der Waals surface area contributed by atoms with Gasteiger partial charge in [0.05, 0.1) is 0 Å². The third-order valence-corrected chi connectivity index (χ3v) is 1.80. The molecule has 0 saturated carbocycles. The summed E-state index contributed by atoms with van der Waals surface area (Å²) in [6, 6.07) is 0. The fourth-order valence-corrected chi connectivity index (χ4v) is 1.24. The number of rotatable bonds is 5. The first kappa shape index (κ1) is 12.7. The van der Waals surface area contributed by atoms with E-state index >= 15 is 0 Å². The third kappa shape index (κ3) is 8.08. The zero-order valence-corrected chi connectivity index (χ0v) is 8.40. The van der Waals surface area contributed by atoms with Gasteiger partial charge in [0, 0.05) is 6.92 Å². The Labute approximate surface area is 76.8 Å². The minimum Gasteiger partial charge on any atom is -0.463 e. The zero-order valence-electron chi connectivity index (χ0n) is 7.51. The van der Waals surface area contributed by atoms with Gasteiger partial charge < -0.3 is 4.74 Å². The molecule has 0 radical (unpaired) electrons. The predicted octanol–water partition coefficient (Wildman–Crippen LogP) is -0.000800. The molecule has 0 bridgehead atoms. The molecule has 0 saturated heterocycles. The maximum atomic E-state index is 10.4. The van der Waals surface area contributed by atoms with Crippen molar-refractivity contribution in [3.8, 4) is 0 Å². The molecule has 1 atom stereocenters. The van der Waals surface area contributed by atoms with E-state index in [1.165, 1.54) is 6.92 Å². The molecule has 13 heavy (non-hydrogen) atoms. The average Bonchev–Trinajstić information content (AvgIpc) is 1.95. The van der Waals surface area contributed by atoms with E-state index in [1.54, 1.807) is 6.92 Å². The predicted molar refractivity (Wildman–Crippen MR) is 45.4 cm³/mol. The van der Waals surface area contributed by atoms with Crippen LogP contribution >= 0.6 is 8.17 Å². The molecule has 0 aromatic heterocycles. The highest BCUT2D eigenvalue weighted by atomic mass is 31.2. The number of carbonyl (C=O) groups is 1. The minimum absolute atomic E-state index is 0.102. The Kier molecular flexibility index (Phi) is 5.36. The first-order valence-corrected chi connectivity index (χ1v) is 5.30. The second-order valence-electron chi connectivity index (χ2n) is 2.45. The highest BCUT2D eigenvalue weighted by Crippen LogP contribution is 2.47. The highest BCUT2D eigenvalue weighted by molar-refractivity contribution is 7.53. The van der Waals surface area contributed by atoms with Gasteiger partial charge in [0.2, 0.25) is 0 Å². The van der Waals surface area contributed by atoms with Gasteiger partial charge in [-0.15, -0.1) is 4.52 Å². The summed E-state index contributed by atoms with van der Waals surface area (Å²) in [6.45, 7) is 2.82. The maximum Gasteiger partial charge on any atom is 0.567 e. The standard InChI is InChI=1S/C6H14O6P/c1-3-6(4-11-5(2)7)12-13(8,9)10/h6,8-10H,3-4H2,1-2H3/q+1. The lowest BCUT2D eigenvalue weighted by Crippen LogP contribution is -2.20. The summed E-state index contributed by atoms with van der Waals surface area (Å²) >= 11 is 0. The normalized spacial score (nSPS) is 13.9. The van der Waals surface area contributed by atoms with Gasteiger partial charge in [0.25, 0.3) is 0 Å². The average molecular weight is 213 g/mol. The maximum absolute atomic E-state index is 10.4. The van der Waals surface area contributed by atoms with E-state index in [9.17, 15) is 4.79 Å². The summed E-state index contributed by atoms with van der Waals surface area (Å²) in [5.41, 5.74) is 0. The highest BCUT2D eigenvalue weighted by Gasteiger charge is 2.37. The molecule has 0 spiro atoms. The molecular formula is C6H14O6P+. The van der Waals surface area contributed by atoms with Crippen LogP contribution in [0.3, 0.4) is 0 Å². The van der Waals surface area contributed by atoms with Crippen molar-refractivity contribution in [3.05, 3.63) is 0 Å². The van der Waals surface area contributed by atoms with Crippen molar-refractivity contribution in [1.29, 1.82) is 0 Å². The molecule has 3 N–H and O–H groups in total. The first-order chi connectivity index (χ1) is 5.85. The second kappa shape index (κ2) is 5.47.